The zero-order valence-electron chi connectivity index (χ0n) is 26.3. The number of ketones is 1. The van der Waals surface area contributed by atoms with Crippen molar-refractivity contribution >= 4 is 40.8 Å². The van der Waals surface area contributed by atoms with Crippen LogP contribution in [0.4, 0.5) is 5.69 Å². The highest BCUT2D eigenvalue weighted by Crippen LogP contribution is 2.35. The molecule has 5 atom stereocenters. The number of aliphatic hydroxyl groups is 2. The van der Waals surface area contributed by atoms with Crippen molar-refractivity contribution in [2.45, 2.75) is 98.4 Å². The Labute approximate surface area is 259 Å². The van der Waals surface area contributed by atoms with E-state index in [-0.39, 0.29) is 18.1 Å². The number of carbonyl (C=O) groups is 3. The lowest BCUT2D eigenvalue weighted by atomic mass is 9.73. The predicted octanol–water partition coefficient (Wildman–Crippen LogP) is 6.28. The van der Waals surface area contributed by atoms with E-state index in [1.165, 1.54) is 11.3 Å². The zero-order chi connectivity index (χ0) is 31.9. The average molecular weight is 611 g/mol. The quantitative estimate of drug-likeness (QED) is 0.275. The van der Waals surface area contributed by atoms with Crippen molar-refractivity contribution < 1.29 is 29.3 Å². The summed E-state index contributed by atoms with van der Waals surface area (Å²) < 4.78 is 6.12. The molecule has 1 aromatic heterocycles. The second kappa shape index (κ2) is 14.6. The number of nitrogens with zero attached hydrogens (tertiary/aromatic N) is 1. The summed E-state index contributed by atoms with van der Waals surface area (Å²) in [6.07, 6.45) is 3.11. The predicted molar refractivity (Wildman–Crippen MR) is 170 cm³/mol. The van der Waals surface area contributed by atoms with E-state index < -0.39 is 47.4 Å². The van der Waals surface area contributed by atoms with Crippen molar-refractivity contribution in [2.75, 3.05) is 5.32 Å². The number of benzene rings is 1. The number of allylic oxidation sites excluding steroid dienone is 1. The number of esters is 1. The maximum Gasteiger partial charge on any atom is 0.309 e. The first kappa shape index (κ1) is 34.4. The van der Waals surface area contributed by atoms with Gasteiger partial charge >= 0.3 is 5.97 Å². The number of para-hydroxylation sites is 1. The van der Waals surface area contributed by atoms with Crippen LogP contribution in [0.5, 0.6) is 0 Å². The summed E-state index contributed by atoms with van der Waals surface area (Å²) in [6.45, 7) is 12.3. The Bertz CT molecular complexity index is 1350. The van der Waals surface area contributed by atoms with Crippen LogP contribution >= 0.6 is 11.3 Å². The van der Waals surface area contributed by atoms with Gasteiger partial charge in [0.15, 0.2) is 0 Å². The Kier molecular flexibility index (Phi) is 11.6. The highest BCUT2D eigenvalue weighted by atomic mass is 32.1. The smallest absolute Gasteiger partial charge is 0.309 e. The summed E-state index contributed by atoms with van der Waals surface area (Å²) in [4.78, 5) is 45.8. The number of rotatable bonds is 4. The molecule has 0 aliphatic carbocycles. The van der Waals surface area contributed by atoms with Gasteiger partial charge in [-0.3, -0.25) is 14.4 Å². The lowest BCUT2D eigenvalue weighted by Crippen LogP contribution is -2.49. The number of hydrogen-bond donors (Lipinski definition) is 3. The topological polar surface area (TPSA) is 126 Å². The van der Waals surface area contributed by atoms with Crippen LogP contribution in [0.2, 0.25) is 0 Å². The van der Waals surface area contributed by atoms with Gasteiger partial charge in [0.05, 0.1) is 34.7 Å². The third-order valence-corrected chi connectivity index (χ3v) is 9.42. The summed E-state index contributed by atoms with van der Waals surface area (Å²) in [5.41, 5.74) is -0.437. The van der Waals surface area contributed by atoms with Crippen molar-refractivity contribution in [3.05, 3.63) is 63.6 Å². The van der Waals surface area contributed by atoms with E-state index in [0.29, 0.717) is 29.8 Å². The molecule has 1 aromatic carbocycles. The van der Waals surface area contributed by atoms with E-state index in [9.17, 15) is 24.6 Å². The number of nitrogens with one attached hydrogen (secondary N) is 1. The molecule has 0 radical (unpaired) electrons. The van der Waals surface area contributed by atoms with Crippen LogP contribution in [0.15, 0.2) is 52.9 Å². The first-order valence-electron chi connectivity index (χ1n) is 14.9. The number of aliphatic hydroxyl groups excluding tert-OH is 2. The fourth-order valence-corrected chi connectivity index (χ4v) is 6.05. The van der Waals surface area contributed by atoms with Gasteiger partial charge in [0.2, 0.25) is 5.60 Å². The molecule has 1 aliphatic rings. The lowest BCUT2D eigenvalue weighted by molar-refractivity contribution is -0.166. The summed E-state index contributed by atoms with van der Waals surface area (Å²) in [7, 11) is 0. The molecule has 3 N–H and O–H groups in total. The molecular formula is C34H46N2O6S. The van der Waals surface area contributed by atoms with Crippen LogP contribution in [0, 0.1) is 24.2 Å². The second-order valence-corrected chi connectivity index (χ2v) is 13.5. The Morgan fingerprint density at radius 2 is 1.81 bits per heavy atom. The van der Waals surface area contributed by atoms with Gasteiger partial charge in [-0.15, -0.1) is 11.3 Å². The highest BCUT2D eigenvalue weighted by molar-refractivity contribution is 7.09. The van der Waals surface area contributed by atoms with Gasteiger partial charge in [0.25, 0.3) is 5.91 Å². The molecule has 43 heavy (non-hydrogen) atoms. The number of aryl methyl sites for hydroxylation is 1. The fraction of sp³-hybridized carbons (Fsp3) is 0.529. The van der Waals surface area contributed by atoms with Crippen molar-refractivity contribution in [1.82, 2.24) is 4.98 Å². The number of cyclic esters (lactones) is 1. The molecule has 8 nitrogen and oxygen atoms in total. The van der Waals surface area contributed by atoms with Gasteiger partial charge in [-0.1, -0.05) is 57.5 Å². The van der Waals surface area contributed by atoms with E-state index in [2.05, 4.69) is 10.3 Å². The molecule has 0 saturated carbocycles. The minimum Gasteiger partial charge on any atom is -0.444 e. The van der Waals surface area contributed by atoms with Crippen LogP contribution in [0.25, 0.3) is 6.08 Å². The fourth-order valence-electron chi connectivity index (χ4n) is 5.48. The van der Waals surface area contributed by atoms with Crippen LogP contribution in [-0.4, -0.2) is 50.7 Å². The normalized spacial score (nSPS) is 29.3. The number of carbonyl (C=O) groups excluding carboxylic acids is 3. The maximum atomic E-state index is 14.2. The summed E-state index contributed by atoms with van der Waals surface area (Å²) in [6, 6.07) is 8.94. The maximum absolute atomic E-state index is 14.2. The molecule has 0 spiro atoms. The molecule has 9 heteroatoms. The van der Waals surface area contributed by atoms with Gasteiger partial charge in [0, 0.05) is 23.4 Å². The standard InChI is InChI=1S/C34H46N2O6S/c1-21-12-11-13-22(2)30(39)24(4)31(40)33(6,7)28(37)19-29(38)42-34(17-16-21,23(3)18-27-20-43-25(5)35-27)32(41)36-26-14-9-8-10-15-26/h8-10,14-16,18,20,22,24,28,30,37,39H,11-13,17,19H2,1-7H3,(H,36,41)/b21-16-,23-18?/t22-,24-,28+,30-,34-/m0/s1. The number of hydrogen-bond acceptors (Lipinski definition) is 8. The third-order valence-electron chi connectivity index (χ3n) is 8.63. The average Bonchev–Trinajstić information content (AvgIpc) is 3.37. The Hall–Kier alpha value is -3.14. The lowest BCUT2D eigenvalue weighted by Gasteiger charge is -2.36. The van der Waals surface area contributed by atoms with Crippen molar-refractivity contribution in [3.8, 4) is 0 Å². The van der Waals surface area contributed by atoms with Crippen LogP contribution in [-0.2, 0) is 19.1 Å². The molecule has 2 aromatic rings. The number of thiazole rings is 1. The van der Waals surface area contributed by atoms with Gasteiger partial charge in [-0.05, 0) is 69.7 Å². The molecule has 2 heterocycles. The van der Waals surface area contributed by atoms with Gasteiger partial charge in [-0.2, -0.15) is 0 Å². The first-order valence-corrected chi connectivity index (χ1v) is 15.8. The van der Waals surface area contributed by atoms with Crippen LogP contribution in [0.1, 0.15) is 84.3 Å². The largest absolute Gasteiger partial charge is 0.444 e. The summed E-state index contributed by atoms with van der Waals surface area (Å²) in [5.74, 6) is -2.56. The van der Waals surface area contributed by atoms with E-state index in [4.69, 9.17) is 4.74 Å². The molecule has 0 bridgehead atoms. The second-order valence-electron chi connectivity index (χ2n) is 12.4. The third kappa shape index (κ3) is 8.49. The van der Waals surface area contributed by atoms with E-state index in [1.807, 2.05) is 38.3 Å². The van der Waals surface area contributed by atoms with Crippen LogP contribution < -0.4 is 5.32 Å². The van der Waals surface area contributed by atoms with Crippen LogP contribution in [0.3, 0.4) is 0 Å². The number of anilines is 1. The molecule has 0 saturated heterocycles. The van der Waals surface area contributed by atoms with Gasteiger partial charge < -0.3 is 20.3 Å². The van der Waals surface area contributed by atoms with E-state index in [0.717, 1.165) is 17.0 Å². The minimum absolute atomic E-state index is 0.0579. The molecule has 234 valence electrons. The van der Waals surface area contributed by atoms with Crippen molar-refractivity contribution in [2.24, 2.45) is 17.3 Å². The van der Waals surface area contributed by atoms with Gasteiger partial charge in [-0.25, -0.2) is 4.98 Å². The molecule has 0 fully saturated rings. The Balaban J connectivity index is 2.12. The number of ether oxygens (including phenoxy) is 1. The zero-order valence-corrected chi connectivity index (χ0v) is 27.2. The molecule has 1 aliphatic heterocycles. The first-order chi connectivity index (χ1) is 20.2. The van der Waals surface area contributed by atoms with Crippen molar-refractivity contribution in [1.29, 1.82) is 0 Å². The number of aromatic nitrogens is 1. The minimum atomic E-state index is -1.76. The molecule has 1 amide bonds. The SMILES string of the molecule is CC(=Cc1csc(C)n1)[C@]1(C(=O)Nc2ccccc2)C/C=C(/C)CCC[C@H](C)[C@H](O)[C@H](C)C(=O)C(C)(C)[C@H](O)CC(=O)O1. The van der Waals surface area contributed by atoms with Gasteiger partial charge in [0.1, 0.15) is 5.78 Å². The van der Waals surface area contributed by atoms with E-state index >= 15 is 0 Å². The summed E-state index contributed by atoms with van der Waals surface area (Å²) >= 11 is 1.47. The highest BCUT2D eigenvalue weighted by Gasteiger charge is 2.46. The van der Waals surface area contributed by atoms with Crippen molar-refractivity contribution in [3.63, 3.8) is 0 Å². The summed E-state index contributed by atoms with van der Waals surface area (Å²) in [5, 5.41) is 27.8. The number of Topliss-reactive ketones (excluding diaryl/α,β-unsaturated/α-hetero) is 1. The van der Waals surface area contributed by atoms with E-state index in [1.54, 1.807) is 58.0 Å². The Morgan fingerprint density at radius 1 is 1.14 bits per heavy atom. The number of amides is 1. The molecule has 3 rings (SSSR count). The Morgan fingerprint density at radius 3 is 2.44 bits per heavy atom. The monoisotopic (exact) mass is 610 g/mol. The molecular weight excluding hydrogens is 564 g/mol. The molecule has 0 unspecified atom stereocenters.